The van der Waals surface area contributed by atoms with Crippen LogP contribution in [0.15, 0.2) is 43.7 Å². The Bertz CT molecular complexity index is 881. The molecule has 3 aromatic rings. The van der Waals surface area contributed by atoms with Crippen molar-refractivity contribution in [2.45, 2.75) is 6.54 Å². The van der Waals surface area contributed by atoms with Gasteiger partial charge < -0.3 is 15.3 Å². The largest absolute Gasteiger partial charge is 0.380 e. The van der Waals surface area contributed by atoms with Gasteiger partial charge in [0.05, 0.1) is 11.0 Å². The van der Waals surface area contributed by atoms with Crippen LogP contribution in [0.25, 0.3) is 11.0 Å². The van der Waals surface area contributed by atoms with Crippen molar-refractivity contribution in [3.63, 3.8) is 0 Å². The van der Waals surface area contributed by atoms with Gasteiger partial charge in [0.25, 0.3) is 0 Å². The smallest absolute Gasteiger partial charge is 0.314 e. The summed E-state index contributed by atoms with van der Waals surface area (Å²) in [5.41, 5.74) is 0.814. The summed E-state index contributed by atoms with van der Waals surface area (Å²) < 4.78 is 1.07. The molecule has 0 spiro atoms. The molecule has 0 aliphatic carbocycles. The summed E-state index contributed by atoms with van der Waals surface area (Å²) in [5.74, 6) is 0. The maximum atomic E-state index is 11.3. The second-order valence-corrected chi connectivity index (χ2v) is 6.16. The Morgan fingerprint density at radius 1 is 1.10 bits per heavy atom. The standard InChI is InChI=1S/C13H10BrN3O2S/c14-7-3-9(20-6-7)5-15-8-1-2-10-11(4-8)17-13(19)12(18)16-10/h1-4,6,15H,5H2,(H,16,18)(H,17,19). The first kappa shape index (κ1) is 13.1. The van der Waals surface area contributed by atoms with E-state index >= 15 is 0 Å². The quantitative estimate of drug-likeness (QED) is 0.634. The van der Waals surface area contributed by atoms with Gasteiger partial charge in [-0.3, -0.25) is 9.59 Å². The number of thiophene rings is 1. The van der Waals surface area contributed by atoms with Gasteiger partial charge in [-0.15, -0.1) is 11.3 Å². The SMILES string of the molecule is O=c1[nH]c2ccc(NCc3cc(Br)cs3)cc2[nH]c1=O. The highest BCUT2D eigenvalue weighted by molar-refractivity contribution is 9.10. The molecule has 0 amide bonds. The van der Waals surface area contributed by atoms with Crippen LogP contribution in [0.3, 0.4) is 0 Å². The number of H-pyrrole nitrogens is 2. The van der Waals surface area contributed by atoms with Gasteiger partial charge in [-0.05, 0) is 40.2 Å². The summed E-state index contributed by atoms with van der Waals surface area (Å²) in [6.07, 6.45) is 0. The normalized spacial score (nSPS) is 10.8. The van der Waals surface area contributed by atoms with Crippen molar-refractivity contribution < 1.29 is 0 Å². The van der Waals surface area contributed by atoms with Gasteiger partial charge >= 0.3 is 11.1 Å². The molecule has 3 N–H and O–H groups in total. The van der Waals surface area contributed by atoms with E-state index in [1.807, 2.05) is 11.4 Å². The molecule has 0 radical (unpaired) electrons. The van der Waals surface area contributed by atoms with Crippen LogP contribution >= 0.6 is 27.3 Å². The van der Waals surface area contributed by atoms with Crippen LogP contribution in [-0.4, -0.2) is 9.97 Å². The molecule has 3 rings (SSSR count). The fourth-order valence-electron chi connectivity index (χ4n) is 1.86. The van der Waals surface area contributed by atoms with Gasteiger partial charge in [-0.1, -0.05) is 0 Å². The Kier molecular flexibility index (Phi) is 3.45. The average molecular weight is 352 g/mol. The third kappa shape index (κ3) is 2.68. The molecule has 0 aliphatic rings. The first-order valence-corrected chi connectivity index (χ1v) is 7.52. The summed E-state index contributed by atoms with van der Waals surface area (Å²) in [7, 11) is 0. The minimum Gasteiger partial charge on any atom is -0.380 e. The Hall–Kier alpha value is -1.86. The lowest BCUT2D eigenvalue weighted by Crippen LogP contribution is -2.28. The summed E-state index contributed by atoms with van der Waals surface area (Å²) in [5, 5.41) is 5.30. The number of nitrogens with one attached hydrogen (secondary N) is 3. The summed E-state index contributed by atoms with van der Waals surface area (Å²) >= 11 is 5.08. The number of hydrogen-bond acceptors (Lipinski definition) is 4. The molecule has 0 saturated carbocycles. The van der Waals surface area contributed by atoms with Crippen LogP contribution in [0.1, 0.15) is 4.88 Å². The van der Waals surface area contributed by atoms with Crippen LogP contribution in [0.5, 0.6) is 0 Å². The number of benzene rings is 1. The first-order valence-electron chi connectivity index (χ1n) is 5.85. The lowest BCUT2D eigenvalue weighted by molar-refractivity contribution is 1.14. The topological polar surface area (TPSA) is 77.8 Å². The van der Waals surface area contributed by atoms with Crippen molar-refractivity contribution in [1.29, 1.82) is 0 Å². The van der Waals surface area contributed by atoms with E-state index in [1.54, 1.807) is 23.5 Å². The molecule has 102 valence electrons. The highest BCUT2D eigenvalue weighted by Gasteiger charge is 2.02. The molecule has 20 heavy (non-hydrogen) atoms. The fourth-order valence-corrected chi connectivity index (χ4v) is 3.25. The molecule has 2 heterocycles. The van der Waals surface area contributed by atoms with E-state index in [-0.39, 0.29) is 0 Å². The summed E-state index contributed by atoms with van der Waals surface area (Å²) in [4.78, 5) is 28.8. The number of aromatic amines is 2. The zero-order valence-electron chi connectivity index (χ0n) is 10.2. The van der Waals surface area contributed by atoms with E-state index in [9.17, 15) is 9.59 Å². The number of rotatable bonds is 3. The van der Waals surface area contributed by atoms with Crippen LogP contribution in [0.4, 0.5) is 5.69 Å². The first-order chi connectivity index (χ1) is 9.61. The zero-order chi connectivity index (χ0) is 14.1. The van der Waals surface area contributed by atoms with Crippen LogP contribution in [0, 0.1) is 0 Å². The van der Waals surface area contributed by atoms with Crippen molar-refractivity contribution in [2.24, 2.45) is 0 Å². The van der Waals surface area contributed by atoms with Gasteiger partial charge in [0.1, 0.15) is 0 Å². The Balaban J connectivity index is 1.87. The molecule has 0 aliphatic heterocycles. The van der Waals surface area contributed by atoms with E-state index in [1.165, 1.54) is 4.88 Å². The van der Waals surface area contributed by atoms with Crippen molar-refractivity contribution in [3.05, 3.63) is 59.7 Å². The van der Waals surface area contributed by atoms with Crippen LogP contribution < -0.4 is 16.4 Å². The lowest BCUT2D eigenvalue weighted by atomic mass is 10.2. The van der Waals surface area contributed by atoms with Crippen LogP contribution in [-0.2, 0) is 6.54 Å². The molecule has 0 unspecified atom stereocenters. The predicted octanol–water partition coefficient (Wildman–Crippen LogP) is 2.65. The average Bonchev–Trinajstić information content (AvgIpc) is 2.84. The van der Waals surface area contributed by atoms with Gasteiger partial charge in [0.2, 0.25) is 0 Å². The van der Waals surface area contributed by atoms with Crippen molar-refractivity contribution >= 4 is 44.0 Å². The number of halogens is 1. The number of fused-ring (bicyclic) bond motifs is 1. The monoisotopic (exact) mass is 351 g/mol. The molecule has 0 atom stereocenters. The Labute approximate surface area is 125 Å². The number of aromatic nitrogens is 2. The van der Waals surface area contributed by atoms with Gasteiger partial charge in [-0.25, -0.2) is 0 Å². The Morgan fingerprint density at radius 2 is 1.85 bits per heavy atom. The van der Waals surface area contributed by atoms with Crippen molar-refractivity contribution in [1.82, 2.24) is 9.97 Å². The van der Waals surface area contributed by atoms with E-state index < -0.39 is 11.1 Å². The molecular formula is C13H10BrN3O2S. The van der Waals surface area contributed by atoms with Gasteiger partial charge in [0, 0.05) is 27.0 Å². The molecule has 0 bridgehead atoms. The second-order valence-electron chi connectivity index (χ2n) is 4.25. The third-order valence-corrected chi connectivity index (χ3v) is 4.51. The number of anilines is 1. The van der Waals surface area contributed by atoms with Gasteiger partial charge in [0.15, 0.2) is 0 Å². The van der Waals surface area contributed by atoms with Crippen molar-refractivity contribution in [3.8, 4) is 0 Å². The minimum absolute atomic E-state index is 0.604. The van der Waals surface area contributed by atoms with Crippen molar-refractivity contribution in [2.75, 3.05) is 5.32 Å². The van der Waals surface area contributed by atoms with E-state index in [4.69, 9.17) is 0 Å². The molecule has 0 saturated heterocycles. The lowest BCUT2D eigenvalue weighted by Gasteiger charge is -2.06. The molecular weight excluding hydrogens is 342 g/mol. The zero-order valence-corrected chi connectivity index (χ0v) is 12.6. The van der Waals surface area contributed by atoms with E-state index in [0.717, 1.165) is 10.2 Å². The molecule has 5 nitrogen and oxygen atoms in total. The summed E-state index contributed by atoms with van der Waals surface area (Å²) in [6.45, 7) is 0.704. The molecule has 0 fully saturated rings. The van der Waals surface area contributed by atoms with Crippen LogP contribution in [0.2, 0.25) is 0 Å². The second kappa shape index (κ2) is 5.26. The molecule has 2 aromatic heterocycles. The predicted molar refractivity (Wildman–Crippen MR) is 84.5 cm³/mol. The maximum Gasteiger partial charge on any atom is 0.314 e. The van der Waals surface area contributed by atoms with E-state index in [2.05, 4.69) is 37.3 Å². The Morgan fingerprint density at radius 3 is 2.55 bits per heavy atom. The van der Waals surface area contributed by atoms with E-state index in [0.29, 0.717) is 17.6 Å². The molecule has 7 heteroatoms. The third-order valence-electron chi connectivity index (χ3n) is 2.81. The van der Waals surface area contributed by atoms with Gasteiger partial charge in [-0.2, -0.15) is 0 Å². The minimum atomic E-state index is -0.642. The summed E-state index contributed by atoms with van der Waals surface area (Å²) in [6, 6.07) is 7.48. The fraction of sp³-hybridized carbons (Fsp3) is 0.0769. The highest BCUT2D eigenvalue weighted by atomic mass is 79.9. The number of hydrogen-bond donors (Lipinski definition) is 3. The highest BCUT2D eigenvalue weighted by Crippen LogP contribution is 2.21. The maximum absolute atomic E-state index is 11.3. The molecule has 1 aromatic carbocycles.